The minimum atomic E-state index is -0.114. The van der Waals surface area contributed by atoms with Gasteiger partial charge in [-0.1, -0.05) is 0 Å². The van der Waals surface area contributed by atoms with Gasteiger partial charge < -0.3 is 0 Å². The summed E-state index contributed by atoms with van der Waals surface area (Å²) >= 11 is 0. The third-order valence-corrected chi connectivity index (χ3v) is 2.81. The summed E-state index contributed by atoms with van der Waals surface area (Å²) in [7, 11) is 0. The summed E-state index contributed by atoms with van der Waals surface area (Å²) in [5, 5.41) is 0.976. The highest BCUT2D eigenvalue weighted by Gasteiger charge is 2.34. The number of rotatable bonds is 0. The van der Waals surface area contributed by atoms with Crippen molar-refractivity contribution < 1.29 is 0 Å². The van der Waals surface area contributed by atoms with Crippen LogP contribution >= 0.6 is 0 Å². The van der Waals surface area contributed by atoms with Gasteiger partial charge in [0.15, 0.2) is 11.2 Å². The smallest absolute Gasteiger partial charge is 0.175 e. The molecule has 0 aromatic carbocycles. The lowest BCUT2D eigenvalue weighted by molar-refractivity contribution is 0.461. The molecule has 0 bridgehead atoms. The first-order valence-electron chi connectivity index (χ1n) is 4.79. The molecular weight excluding hydrogens is 162 g/mol. The van der Waals surface area contributed by atoms with Gasteiger partial charge in [0.05, 0.1) is 0 Å². The van der Waals surface area contributed by atoms with Gasteiger partial charge in [0.25, 0.3) is 0 Å². The fourth-order valence-corrected chi connectivity index (χ4v) is 2.17. The fourth-order valence-electron chi connectivity index (χ4n) is 2.17. The molecule has 0 N–H and O–H groups in total. The van der Waals surface area contributed by atoms with Crippen LogP contribution in [0, 0.1) is 0 Å². The Balaban J connectivity index is 2.22. The topological polar surface area (TPSA) is 37.6 Å². The second-order valence-corrected chi connectivity index (χ2v) is 3.76. The lowest BCUT2D eigenvalue weighted by atomic mass is 10.1. The Labute approximate surface area is 76.3 Å². The lowest BCUT2D eigenvalue weighted by Gasteiger charge is -2.13. The van der Waals surface area contributed by atoms with Crippen LogP contribution in [0.3, 0.4) is 0 Å². The molecule has 1 aromatic rings. The van der Waals surface area contributed by atoms with E-state index in [1.807, 2.05) is 12.1 Å². The molecule has 1 fully saturated rings. The molecule has 3 rings (SSSR count). The predicted octanol–water partition coefficient (Wildman–Crippen LogP) is 0.605. The van der Waals surface area contributed by atoms with E-state index in [-0.39, 0.29) is 5.66 Å². The van der Waals surface area contributed by atoms with E-state index in [0.29, 0.717) is 0 Å². The number of hydrogen-bond acceptors (Lipinski definition) is 3. The van der Waals surface area contributed by atoms with E-state index in [9.17, 15) is 0 Å². The maximum atomic E-state index is 4.65. The molecule has 0 atom stereocenters. The Morgan fingerprint density at radius 3 is 2.77 bits per heavy atom. The second kappa shape index (κ2) is 2.37. The van der Waals surface area contributed by atoms with Crippen LogP contribution in [0.4, 0.5) is 0 Å². The molecule has 1 aliphatic heterocycles. The maximum Gasteiger partial charge on any atom is 0.175 e. The van der Waals surface area contributed by atoms with Gasteiger partial charge in [0, 0.05) is 6.20 Å². The molecule has 0 radical (unpaired) electrons. The molecule has 66 valence electrons. The zero-order chi connectivity index (χ0) is 8.73. The van der Waals surface area contributed by atoms with Crippen molar-refractivity contribution in [2.45, 2.75) is 31.3 Å². The summed E-state index contributed by atoms with van der Waals surface area (Å²) in [6, 6.07) is 3.92. The van der Waals surface area contributed by atoms with Crippen molar-refractivity contribution in [3.63, 3.8) is 0 Å². The minimum absolute atomic E-state index is 0.114. The standard InChI is InChI=1S/C10H11N3/c1-2-6-10(5-1)12-8-4-3-7-11-9(8)13-10/h3-4,7H,1-2,5-6H2. The van der Waals surface area contributed by atoms with Crippen molar-refractivity contribution in [2.75, 3.05) is 0 Å². The zero-order valence-corrected chi connectivity index (χ0v) is 7.40. The molecule has 2 aliphatic rings. The molecule has 1 aromatic heterocycles. The Morgan fingerprint density at radius 1 is 1.15 bits per heavy atom. The lowest BCUT2D eigenvalue weighted by Crippen LogP contribution is -2.24. The van der Waals surface area contributed by atoms with E-state index >= 15 is 0 Å². The Hall–Kier alpha value is -1.25. The summed E-state index contributed by atoms with van der Waals surface area (Å²) in [6.45, 7) is 0. The summed E-state index contributed by atoms with van der Waals surface area (Å²) in [4.78, 5) is 13.5. The summed E-state index contributed by atoms with van der Waals surface area (Å²) in [6.07, 6.45) is 6.49. The van der Waals surface area contributed by atoms with E-state index in [1.165, 1.54) is 12.8 Å². The van der Waals surface area contributed by atoms with Crippen molar-refractivity contribution in [1.29, 1.82) is 0 Å². The molecule has 2 heterocycles. The Bertz CT molecular complexity index is 406. The first-order valence-corrected chi connectivity index (χ1v) is 4.79. The SMILES string of the molecule is c1cnc2c(c1)=NC1(CCCC1)N=2. The van der Waals surface area contributed by atoms with Gasteiger partial charge in [0.1, 0.15) is 5.36 Å². The first-order chi connectivity index (χ1) is 6.38. The van der Waals surface area contributed by atoms with E-state index in [2.05, 4.69) is 15.0 Å². The average Bonchev–Trinajstić information content (AvgIpc) is 2.72. The highest BCUT2D eigenvalue weighted by atomic mass is 15.1. The number of nitrogens with zero attached hydrogens (tertiary/aromatic N) is 3. The number of pyridine rings is 1. The van der Waals surface area contributed by atoms with Gasteiger partial charge in [-0.25, -0.2) is 9.98 Å². The van der Waals surface area contributed by atoms with Crippen LogP contribution in [-0.2, 0) is 0 Å². The molecule has 3 nitrogen and oxygen atoms in total. The first kappa shape index (κ1) is 7.18. The van der Waals surface area contributed by atoms with Crippen molar-refractivity contribution in [3.05, 3.63) is 29.2 Å². The monoisotopic (exact) mass is 173 g/mol. The molecule has 13 heavy (non-hydrogen) atoms. The van der Waals surface area contributed by atoms with Gasteiger partial charge in [0.2, 0.25) is 0 Å². The van der Waals surface area contributed by atoms with E-state index in [1.54, 1.807) is 6.20 Å². The number of hydrogen-bond donors (Lipinski definition) is 0. The molecular formula is C10H11N3. The van der Waals surface area contributed by atoms with Gasteiger partial charge in [-0.05, 0) is 37.8 Å². The average molecular weight is 173 g/mol. The largest absolute Gasteiger partial charge is 0.252 e. The van der Waals surface area contributed by atoms with Crippen LogP contribution in [0.2, 0.25) is 0 Å². The van der Waals surface area contributed by atoms with Crippen molar-refractivity contribution in [1.82, 2.24) is 4.98 Å². The molecule has 1 aliphatic carbocycles. The number of aromatic nitrogens is 1. The van der Waals surface area contributed by atoms with Crippen LogP contribution in [0.25, 0.3) is 0 Å². The highest BCUT2D eigenvalue weighted by Crippen LogP contribution is 2.34. The van der Waals surface area contributed by atoms with Gasteiger partial charge >= 0.3 is 0 Å². The Kier molecular flexibility index (Phi) is 1.31. The zero-order valence-electron chi connectivity index (χ0n) is 7.40. The predicted molar refractivity (Wildman–Crippen MR) is 47.7 cm³/mol. The summed E-state index contributed by atoms with van der Waals surface area (Å²) in [5.74, 6) is 0. The van der Waals surface area contributed by atoms with Crippen LogP contribution in [0.5, 0.6) is 0 Å². The summed E-state index contributed by atoms with van der Waals surface area (Å²) < 4.78 is 0. The van der Waals surface area contributed by atoms with Crippen molar-refractivity contribution in [3.8, 4) is 0 Å². The number of fused-ring (bicyclic) bond motifs is 1. The molecule has 1 saturated carbocycles. The van der Waals surface area contributed by atoms with Gasteiger partial charge in [-0.3, -0.25) is 4.99 Å². The van der Waals surface area contributed by atoms with Gasteiger partial charge in [-0.15, -0.1) is 0 Å². The van der Waals surface area contributed by atoms with Crippen molar-refractivity contribution in [2.24, 2.45) is 9.98 Å². The third-order valence-electron chi connectivity index (χ3n) is 2.81. The fraction of sp³-hybridized carbons (Fsp3) is 0.500. The second-order valence-electron chi connectivity index (χ2n) is 3.76. The molecule has 0 saturated heterocycles. The molecule has 3 heteroatoms. The highest BCUT2D eigenvalue weighted by molar-refractivity contribution is 5.02. The van der Waals surface area contributed by atoms with Crippen LogP contribution in [0.1, 0.15) is 25.7 Å². The van der Waals surface area contributed by atoms with Crippen LogP contribution in [-0.4, -0.2) is 10.6 Å². The summed E-state index contributed by atoms with van der Waals surface area (Å²) in [5.41, 5.74) is 0.723. The van der Waals surface area contributed by atoms with E-state index < -0.39 is 0 Å². The molecule has 0 unspecified atom stereocenters. The van der Waals surface area contributed by atoms with Crippen LogP contribution in [0.15, 0.2) is 28.3 Å². The molecule has 1 spiro atoms. The van der Waals surface area contributed by atoms with E-state index in [4.69, 9.17) is 0 Å². The normalized spacial score (nSPS) is 22.5. The third kappa shape index (κ3) is 0.996. The van der Waals surface area contributed by atoms with Gasteiger partial charge in [-0.2, -0.15) is 0 Å². The Morgan fingerprint density at radius 2 is 2.00 bits per heavy atom. The quantitative estimate of drug-likeness (QED) is 0.566. The molecule has 0 amide bonds. The van der Waals surface area contributed by atoms with Crippen molar-refractivity contribution >= 4 is 0 Å². The minimum Gasteiger partial charge on any atom is -0.252 e. The van der Waals surface area contributed by atoms with Crippen LogP contribution < -0.4 is 10.8 Å². The maximum absolute atomic E-state index is 4.65. The van der Waals surface area contributed by atoms with E-state index in [0.717, 1.165) is 23.7 Å².